The second-order valence-corrected chi connectivity index (χ2v) is 10.0. The summed E-state index contributed by atoms with van der Waals surface area (Å²) in [6, 6.07) is 15.8. The number of thiophene rings is 1. The van der Waals surface area contributed by atoms with E-state index in [1.807, 2.05) is 56.5 Å². The molecule has 2 amide bonds. The largest absolute Gasteiger partial charge is 0.332 e. The van der Waals surface area contributed by atoms with Crippen LogP contribution in [0.2, 0.25) is 0 Å². The van der Waals surface area contributed by atoms with Crippen LogP contribution in [0.25, 0.3) is 0 Å². The monoisotopic (exact) mass is 480 g/mol. The summed E-state index contributed by atoms with van der Waals surface area (Å²) in [6.07, 6.45) is 0.906. The Balaban J connectivity index is 1.82. The number of carbonyl (C=O) groups excluding carboxylic acids is 2. The van der Waals surface area contributed by atoms with Gasteiger partial charge in [0.05, 0.1) is 6.54 Å². The van der Waals surface area contributed by atoms with Gasteiger partial charge in [-0.05, 0) is 71.7 Å². The van der Waals surface area contributed by atoms with Gasteiger partial charge >= 0.3 is 0 Å². The highest BCUT2D eigenvalue weighted by atomic mass is 32.1. The van der Waals surface area contributed by atoms with Gasteiger partial charge in [0.2, 0.25) is 5.91 Å². The maximum atomic E-state index is 13.5. The lowest BCUT2D eigenvalue weighted by molar-refractivity contribution is -0.133. The average molecular weight is 481 g/mol. The van der Waals surface area contributed by atoms with Crippen LogP contribution in [0.3, 0.4) is 0 Å². The molecule has 1 aromatic heterocycles. The molecule has 0 spiro atoms. The quantitative estimate of drug-likeness (QED) is 0.353. The van der Waals surface area contributed by atoms with Crippen molar-refractivity contribution in [3.8, 4) is 0 Å². The van der Waals surface area contributed by atoms with Crippen molar-refractivity contribution in [1.29, 1.82) is 0 Å². The van der Waals surface area contributed by atoms with Crippen molar-refractivity contribution in [2.75, 3.05) is 13.1 Å². The van der Waals surface area contributed by atoms with E-state index in [0.717, 1.165) is 22.4 Å². The molecule has 0 radical (unpaired) electrons. The standard InChI is InChI=1S/C28H33FN2O2S/c1-5-22-6-10-24(11-7-22)28(33)31(16-20(2)3)19-27(32)30(18-26-21(4)14-15-34-26)17-23-8-12-25(29)13-9-23/h6-15,20H,5,16-19H2,1-4H3. The topological polar surface area (TPSA) is 40.6 Å². The van der Waals surface area contributed by atoms with Gasteiger partial charge in [0, 0.05) is 23.5 Å². The summed E-state index contributed by atoms with van der Waals surface area (Å²) in [5.41, 5.74) is 3.73. The van der Waals surface area contributed by atoms with Gasteiger partial charge in [-0.3, -0.25) is 9.59 Å². The summed E-state index contributed by atoms with van der Waals surface area (Å²) < 4.78 is 13.4. The Hall–Kier alpha value is -2.99. The lowest BCUT2D eigenvalue weighted by atomic mass is 10.1. The van der Waals surface area contributed by atoms with Crippen molar-refractivity contribution >= 4 is 23.2 Å². The number of amides is 2. The molecule has 2 aromatic carbocycles. The van der Waals surface area contributed by atoms with Gasteiger partial charge in [0.15, 0.2) is 0 Å². The Morgan fingerprint density at radius 3 is 2.12 bits per heavy atom. The minimum absolute atomic E-state index is 0.00183. The van der Waals surface area contributed by atoms with Gasteiger partial charge in [-0.2, -0.15) is 0 Å². The number of carbonyl (C=O) groups is 2. The minimum Gasteiger partial charge on any atom is -0.332 e. The van der Waals surface area contributed by atoms with Crippen LogP contribution in [0.4, 0.5) is 4.39 Å². The van der Waals surface area contributed by atoms with E-state index in [2.05, 4.69) is 6.92 Å². The van der Waals surface area contributed by atoms with Crippen LogP contribution in [-0.2, 0) is 24.3 Å². The lowest BCUT2D eigenvalue weighted by Crippen LogP contribution is -2.43. The molecule has 0 atom stereocenters. The lowest BCUT2D eigenvalue weighted by Gasteiger charge is -2.29. The van der Waals surface area contributed by atoms with E-state index in [9.17, 15) is 14.0 Å². The van der Waals surface area contributed by atoms with Gasteiger partial charge in [0.25, 0.3) is 5.91 Å². The molecule has 4 nitrogen and oxygen atoms in total. The highest BCUT2D eigenvalue weighted by molar-refractivity contribution is 7.10. The SMILES string of the molecule is CCc1ccc(C(=O)N(CC(=O)N(Cc2ccc(F)cc2)Cc2sccc2C)CC(C)C)cc1. The molecule has 1 heterocycles. The highest BCUT2D eigenvalue weighted by Crippen LogP contribution is 2.20. The number of hydrogen-bond acceptors (Lipinski definition) is 3. The van der Waals surface area contributed by atoms with Crippen LogP contribution in [0.5, 0.6) is 0 Å². The molecule has 0 aliphatic heterocycles. The van der Waals surface area contributed by atoms with E-state index in [-0.39, 0.29) is 30.1 Å². The maximum Gasteiger partial charge on any atom is 0.254 e. The van der Waals surface area contributed by atoms with E-state index in [1.54, 1.807) is 33.3 Å². The van der Waals surface area contributed by atoms with Crippen LogP contribution in [0, 0.1) is 18.7 Å². The second kappa shape index (κ2) is 11.9. The molecule has 0 fully saturated rings. The summed E-state index contributed by atoms with van der Waals surface area (Å²) in [4.78, 5) is 31.4. The van der Waals surface area contributed by atoms with Crippen LogP contribution in [0.1, 0.15) is 52.7 Å². The molecular formula is C28H33FN2O2S. The van der Waals surface area contributed by atoms with Crippen molar-refractivity contribution in [2.24, 2.45) is 5.92 Å². The van der Waals surface area contributed by atoms with Gasteiger partial charge in [-0.1, -0.05) is 45.0 Å². The first kappa shape index (κ1) is 25.6. The first-order valence-electron chi connectivity index (χ1n) is 11.7. The Morgan fingerprint density at radius 2 is 1.56 bits per heavy atom. The third-order valence-electron chi connectivity index (χ3n) is 5.75. The van der Waals surface area contributed by atoms with Gasteiger partial charge in [-0.15, -0.1) is 11.3 Å². The molecule has 0 aliphatic rings. The summed E-state index contributed by atoms with van der Waals surface area (Å²) in [5, 5.41) is 2.01. The summed E-state index contributed by atoms with van der Waals surface area (Å²) in [6.45, 7) is 9.47. The molecule has 0 aliphatic carbocycles. The Bertz CT molecular complexity index is 1090. The van der Waals surface area contributed by atoms with E-state index in [4.69, 9.17) is 0 Å². The Morgan fingerprint density at radius 1 is 0.912 bits per heavy atom. The minimum atomic E-state index is -0.307. The smallest absolute Gasteiger partial charge is 0.254 e. The fourth-order valence-electron chi connectivity index (χ4n) is 3.77. The second-order valence-electron chi connectivity index (χ2n) is 9.03. The van der Waals surface area contributed by atoms with Gasteiger partial charge < -0.3 is 9.80 Å². The predicted octanol–water partition coefficient (Wildman–Crippen LogP) is 6.09. The summed E-state index contributed by atoms with van der Waals surface area (Å²) >= 11 is 1.61. The fraction of sp³-hybridized carbons (Fsp3) is 0.357. The van der Waals surface area contributed by atoms with Crippen LogP contribution >= 0.6 is 11.3 Å². The molecule has 0 N–H and O–H groups in total. The number of aryl methyl sites for hydroxylation is 2. The van der Waals surface area contributed by atoms with Crippen LogP contribution in [-0.4, -0.2) is 34.7 Å². The third-order valence-corrected chi connectivity index (χ3v) is 6.76. The summed E-state index contributed by atoms with van der Waals surface area (Å²) in [7, 11) is 0. The number of benzene rings is 2. The number of rotatable bonds is 10. The Kier molecular flexibility index (Phi) is 8.99. The first-order chi connectivity index (χ1) is 16.3. The average Bonchev–Trinajstić information content (AvgIpc) is 3.23. The van der Waals surface area contributed by atoms with Gasteiger partial charge in [-0.25, -0.2) is 4.39 Å². The van der Waals surface area contributed by atoms with Gasteiger partial charge in [0.1, 0.15) is 12.4 Å². The van der Waals surface area contributed by atoms with Crippen molar-refractivity contribution < 1.29 is 14.0 Å². The number of nitrogens with zero attached hydrogens (tertiary/aromatic N) is 2. The van der Waals surface area contributed by atoms with E-state index < -0.39 is 0 Å². The first-order valence-corrected chi connectivity index (χ1v) is 12.6. The summed E-state index contributed by atoms with van der Waals surface area (Å²) in [5.74, 6) is -0.356. The van der Waals surface area contributed by atoms with E-state index in [1.165, 1.54) is 17.7 Å². The van der Waals surface area contributed by atoms with Crippen LogP contribution in [0.15, 0.2) is 60.0 Å². The molecule has 0 unspecified atom stereocenters. The van der Waals surface area contributed by atoms with Crippen molar-refractivity contribution in [3.05, 3.63) is 92.9 Å². The molecular weight excluding hydrogens is 447 g/mol. The normalized spacial score (nSPS) is 11.0. The zero-order valence-corrected chi connectivity index (χ0v) is 21.2. The van der Waals surface area contributed by atoms with E-state index in [0.29, 0.717) is 25.2 Å². The Labute approximate surface area is 206 Å². The molecule has 34 heavy (non-hydrogen) atoms. The highest BCUT2D eigenvalue weighted by Gasteiger charge is 2.24. The number of hydrogen-bond donors (Lipinski definition) is 0. The maximum absolute atomic E-state index is 13.5. The van der Waals surface area contributed by atoms with Crippen molar-refractivity contribution in [1.82, 2.24) is 9.80 Å². The molecule has 0 saturated heterocycles. The van der Waals surface area contributed by atoms with Crippen molar-refractivity contribution in [3.63, 3.8) is 0 Å². The molecule has 3 rings (SSSR count). The van der Waals surface area contributed by atoms with E-state index >= 15 is 0 Å². The number of halogens is 1. The van der Waals surface area contributed by atoms with Crippen LogP contribution < -0.4 is 0 Å². The third kappa shape index (κ3) is 7.00. The predicted molar refractivity (Wildman–Crippen MR) is 136 cm³/mol. The fourth-order valence-corrected chi connectivity index (χ4v) is 4.69. The zero-order chi connectivity index (χ0) is 24.7. The zero-order valence-electron chi connectivity index (χ0n) is 20.4. The molecule has 0 bridgehead atoms. The molecule has 180 valence electrons. The van der Waals surface area contributed by atoms with Crippen molar-refractivity contribution in [2.45, 2.75) is 47.2 Å². The molecule has 0 saturated carbocycles. The molecule has 3 aromatic rings. The molecule has 6 heteroatoms.